The first-order valence-electron chi connectivity index (χ1n) is 17.4. The molecule has 9 aromatic rings. The largest absolute Gasteiger partial charge is 0.309 e. The summed E-state index contributed by atoms with van der Waals surface area (Å²) in [6.07, 6.45) is 10.2. The molecule has 0 aliphatic rings. The minimum absolute atomic E-state index is 1.01. The Hall–Kier alpha value is -6.71. The number of nitrogens with zero attached hydrogens (tertiary/aromatic N) is 3. The first-order chi connectivity index (χ1) is 25.2. The Morgan fingerprint density at radius 2 is 1.00 bits per heavy atom. The Morgan fingerprint density at radius 1 is 0.490 bits per heavy atom. The number of fused-ring (bicyclic) bond motifs is 6. The molecule has 0 amide bonds. The van der Waals surface area contributed by atoms with E-state index in [1.54, 1.807) is 0 Å². The van der Waals surface area contributed by atoms with Crippen molar-refractivity contribution in [2.24, 2.45) is 0 Å². The average Bonchev–Trinajstić information content (AvgIpc) is 3.72. The minimum atomic E-state index is 1.01. The molecule has 0 unspecified atom stereocenters. The fraction of sp³-hybridized carbons (Fsp3) is 0.0208. The van der Waals surface area contributed by atoms with Gasteiger partial charge < -0.3 is 9.13 Å². The molecule has 3 nitrogen and oxygen atoms in total. The van der Waals surface area contributed by atoms with Crippen molar-refractivity contribution in [3.8, 4) is 22.5 Å². The van der Waals surface area contributed by atoms with Crippen molar-refractivity contribution in [1.29, 1.82) is 0 Å². The van der Waals surface area contributed by atoms with Crippen LogP contribution in [0.3, 0.4) is 0 Å². The van der Waals surface area contributed by atoms with E-state index in [1.165, 1.54) is 43.6 Å². The van der Waals surface area contributed by atoms with E-state index < -0.39 is 0 Å². The van der Waals surface area contributed by atoms with Crippen LogP contribution in [-0.4, -0.2) is 14.1 Å². The molecule has 6 aromatic carbocycles. The highest BCUT2D eigenvalue weighted by molar-refractivity contribution is 6.10. The van der Waals surface area contributed by atoms with Crippen LogP contribution in [-0.2, 0) is 0 Å². The van der Waals surface area contributed by atoms with Gasteiger partial charge in [-0.2, -0.15) is 0 Å². The summed E-state index contributed by atoms with van der Waals surface area (Å²) in [6, 6.07) is 54.2. The number of rotatable bonds is 7. The van der Waals surface area contributed by atoms with Crippen molar-refractivity contribution in [1.82, 2.24) is 14.1 Å². The van der Waals surface area contributed by atoms with E-state index in [0.29, 0.717) is 0 Å². The molecule has 0 saturated carbocycles. The summed E-state index contributed by atoms with van der Waals surface area (Å²) in [7, 11) is 0. The Kier molecular flexibility index (Phi) is 7.52. The van der Waals surface area contributed by atoms with Gasteiger partial charge in [0.2, 0.25) is 0 Å². The van der Waals surface area contributed by atoms with Crippen LogP contribution < -0.4 is 0 Å². The molecule has 0 aliphatic heterocycles. The van der Waals surface area contributed by atoms with Gasteiger partial charge in [0, 0.05) is 56.4 Å². The lowest BCUT2D eigenvalue weighted by Gasteiger charge is -2.12. The van der Waals surface area contributed by atoms with Crippen LogP contribution in [0.25, 0.3) is 77.3 Å². The second kappa shape index (κ2) is 12.6. The minimum Gasteiger partial charge on any atom is -0.309 e. The zero-order chi connectivity index (χ0) is 34.3. The van der Waals surface area contributed by atoms with Gasteiger partial charge in [-0.25, -0.2) is 0 Å². The molecular formula is C48H35N3. The van der Waals surface area contributed by atoms with Gasteiger partial charge in [-0.05, 0) is 89.9 Å². The number of hydrogen-bond acceptors (Lipinski definition) is 1. The van der Waals surface area contributed by atoms with Crippen LogP contribution in [0.4, 0.5) is 0 Å². The zero-order valence-electron chi connectivity index (χ0n) is 28.4. The van der Waals surface area contributed by atoms with E-state index >= 15 is 0 Å². The van der Waals surface area contributed by atoms with E-state index in [0.717, 1.165) is 44.8 Å². The summed E-state index contributed by atoms with van der Waals surface area (Å²) in [5.74, 6) is 0. The number of para-hydroxylation sites is 4. The van der Waals surface area contributed by atoms with E-state index in [4.69, 9.17) is 4.98 Å². The predicted octanol–water partition coefficient (Wildman–Crippen LogP) is 12.6. The lowest BCUT2D eigenvalue weighted by atomic mass is 9.97. The van der Waals surface area contributed by atoms with Crippen LogP contribution >= 0.6 is 0 Å². The third-order valence-electron chi connectivity index (χ3n) is 9.95. The van der Waals surface area contributed by atoms with Crippen molar-refractivity contribution in [3.05, 3.63) is 200 Å². The van der Waals surface area contributed by atoms with Crippen LogP contribution in [0, 0.1) is 0 Å². The van der Waals surface area contributed by atoms with Crippen molar-refractivity contribution in [3.63, 3.8) is 0 Å². The first kappa shape index (κ1) is 30.4. The summed E-state index contributed by atoms with van der Waals surface area (Å²) in [5.41, 5.74) is 13.5. The normalized spacial score (nSPS) is 12.3. The van der Waals surface area contributed by atoms with Crippen LogP contribution in [0.1, 0.15) is 18.1 Å². The number of benzene rings is 6. The lowest BCUT2D eigenvalue weighted by molar-refractivity contribution is 1.18. The molecule has 3 heteroatoms. The van der Waals surface area contributed by atoms with Gasteiger partial charge in [0.25, 0.3) is 0 Å². The zero-order valence-corrected chi connectivity index (χ0v) is 28.4. The number of aromatic nitrogens is 3. The molecule has 0 saturated heterocycles. The molecule has 9 rings (SSSR count). The predicted molar refractivity (Wildman–Crippen MR) is 217 cm³/mol. The number of allylic oxidation sites excluding steroid dienone is 5. The average molecular weight is 654 g/mol. The monoisotopic (exact) mass is 653 g/mol. The number of hydrogen-bond donors (Lipinski definition) is 0. The first-order valence-corrected chi connectivity index (χ1v) is 17.4. The molecule has 0 N–H and O–H groups in total. The molecule has 3 heterocycles. The fourth-order valence-corrected chi connectivity index (χ4v) is 7.57. The van der Waals surface area contributed by atoms with Crippen molar-refractivity contribution < 1.29 is 0 Å². The molecule has 242 valence electrons. The van der Waals surface area contributed by atoms with Crippen molar-refractivity contribution in [2.45, 2.75) is 6.92 Å². The fourth-order valence-electron chi connectivity index (χ4n) is 7.57. The van der Waals surface area contributed by atoms with Gasteiger partial charge >= 0.3 is 0 Å². The Balaban J connectivity index is 1.09. The highest BCUT2D eigenvalue weighted by atomic mass is 15.0. The molecule has 0 radical (unpaired) electrons. The van der Waals surface area contributed by atoms with Gasteiger partial charge in [-0.3, -0.25) is 4.98 Å². The summed E-state index contributed by atoms with van der Waals surface area (Å²) < 4.78 is 4.72. The molecule has 0 atom stereocenters. The van der Waals surface area contributed by atoms with Gasteiger partial charge in [0.05, 0.1) is 22.1 Å². The summed E-state index contributed by atoms with van der Waals surface area (Å²) in [6.45, 7) is 6.31. The Bertz CT molecular complexity index is 2730. The lowest BCUT2D eigenvalue weighted by Crippen LogP contribution is -1.95. The summed E-state index contributed by atoms with van der Waals surface area (Å²) in [4.78, 5) is 4.72. The van der Waals surface area contributed by atoms with E-state index in [9.17, 15) is 0 Å². The van der Waals surface area contributed by atoms with Gasteiger partial charge in [0.1, 0.15) is 0 Å². The SMILES string of the molecule is C=C/C(=C\C(=C/C)c1cccc(-n2c3ccccc3c3ccccc32)c1)c1cncc(-c2cccc(-n3c4ccccc4c4ccccc43)c2)c1. The van der Waals surface area contributed by atoms with Crippen LogP contribution in [0.5, 0.6) is 0 Å². The Morgan fingerprint density at radius 3 is 1.53 bits per heavy atom. The molecule has 51 heavy (non-hydrogen) atoms. The molecule has 0 aliphatic carbocycles. The van der Waals surface area contributed by atoms with Gasteiger partial charge in [0.15, 0.2) is 0 Å². The second-order valence-corrected chi connectivity index (χ2v) is 12.9. The maximum Gasteiger partial charge on any atom is 0.0541 e. The smallest absolute Gasteiger partial charge is 0.0541 e. The van der Waals surface area contributed by atoms with Gasteiger partial charge in [-0.1, -0.05) is 116 Å². The number of pyridine rings is 1. The third-order valence-corrected chi connectivity index (χ3v) is 9.95. The molecule has 0 bridgehead atoms. The van der Waals surface area contributed by atoms with E-state index in [-0.39, 0.29) is 0 Å². The third kappa shape index (κ3) is 5.19. The topological polar surface area (TPSA) is 22.8 Å². The Labute approximate surface area is 297 Å². The molecule has 3 aromatic heterocycles. The van der Waals surface area contributed by atoms with Crippen molar-refractivity contribution >= 4 is 54.8 Å². The van der Waals surface area contributed by atoms with Gasteiger partial charge in [-0.15, -0.1) is 0 Å². The quantitative estimate of drug-likeness (QED) is 0.157. The summed E-state index contributed by atoms with van der Waals surface area (Å²) >= 11 is 0. The highest BCUT2D eigenvalue weighted by Gasteiger charge is 2.14. The maximum absolute atomic E-state index is 4.72. The second-order valence-electron chi connectivity index (χ2n) is 12.9. The van der Waals surface area contributed by atoms with Crippen LogP contribution in [0.15, 0.2) is 189 Å². The van der Waals surface area contributed by atoms with Crippen LogP contribution in [0.2, 0.25) is 0 Å². The highest BCUT2D eigenvalue weighted by Crippen LogP contribution is 2.35. The van der Waals surface area contributed by atoms with E-state index in [2.05, 4.69) is 186 Å². The van der Waals surface area contributed by atoms with Crippen molar-refractivity contribution in [2.75, 3.05) is 0 Å². The molecular weight excluding hydrogens is 619 g/mol. The molecule has 0 fully saturated rings. The standard InChI is InChI=1S/C48H35N3/c1-3-33(35-15-13-17-39(29-35)50-45-23-9-5-19-41(45)42-20-6-10-24-46(42)50)27-34(4-2)37-28-38(32-49-31-37)36-16-14-18-40(30-36)51-47-25-11-7-21-43(47)44-22-8-12-26-48(44)51/h3-32H,2H2,1H3/b33-3+,34-27+. The summed E-state index contributed by atoms with van der Waals surface area (Å²) in [5, 5.41) is 5.02. The maximum atomic E-state index is 4.72. The molecule has 0 spiro atoms. The van der Waals surface area contributed by atoms with E-state index in [1.807, 2.05) is 18.5 Å².